The SMILES string of the molecule is CC(N)(CSCc1ccco1)C(N)=O. The Bertz CT molecular complexity index is 296. The van der Waals surface area contributed by atoms with Gasteiger partial charge in [-0.05, 0) is 19.1 Å². The van der Waals surface area contributed by atoms with Gasteiger partial charge in [0.2, 0.25) is 5.91 Å². The summed E-state index contributed by atoms with van der Waals surface area (Å²) in [5.74, 6) is 1.58. The second-order valence-corrected chi connectivity index (χ2v) is 4.34. The molecule has 14 heavy (non-hydrogen) atoms. The number of hydrogen-bond acceptors (Lipinski definition) is 4. The molecule has 0 aliphatic rings. The summed E-state index contributed by atoms with van der Waals surface area (Å²) in [7, 11) is 0. The third-order valence-electron chi connectivity index (χ3n) is 1.79. The molecule has 5 heteroatoms. The van der Waals surface area contributed by atoms with Gasteiger partial charge in [0.1, 0.15) is 11.3 Å². The molecule has 0 saturated carbocycles. The van der Waals surface area contributed by atoms with Crippen LogP contribution in [0, 0.1) is 0 Å². The highest BCUT2D eigenvalue weighted by molar-refractivity contribution is 7.98. The topological polar surface area (TPSA) is 82.2 Å². The third kappa shape index (κ3) is 3.08. The van der Waals surface area contributed by atoms with E-state index in [2.05, 4.69) is 0 Å². The van der Waals surface area contributed by atoms with E-state index in [1.807, 2.05) is 12.1 Å². The molecular formula is C9H14N2O2S. The zero-order valence-electron chi connectivity index (χ0n) is 8.03. The van der Waals surface area contributed by atoms with E-state index in [1.54, 1.807) is 13.2 Å². The second-order valence-electron chi connectivity index (χ2n) is 3.35. The molecule has 4 N–H and O–H groups in total. The highest BCUT2D eigenvalue weighted by Gasteiger charge is 2.25. The predicted molar refractivity (Wildman–Crippen MR) is 56.7 cm³/mol. The molecule has 0 spiro atoms. The lowest BCUT2D eigenvalue weighted by molar-refractivity contribution is -0.121. The first kappa shape index (κ1) is 11.1. The van der Waals surface area contributed by atoms with Gasteiger partial charge in [-0.15, -0.1) is 0 Å². The Morgan fingerprint density at radius 3 is 2.93 bits per heavy atom. The average Bonchev–Trinajstić information content (AvgIpc) is 2.56. The molecule has 78 valence electrons. The van der Waals surface area contributed by atoms with Gasteiger partial charge >= 0.3 is 0 Å². The minimum Gasteiger partial charge on any atom is -0.468 e. The van der Waals surface area contributed by atoms with Crippen LogP contribution in [0.4, 0.5) is 0 Å². The van der Waals surface area contributed by atoms with Gasteiger partial charge in [-0.2, -0.15) is 11.8 Å². The van der Waals surface area contributed by atoms with Crippen molar-refractivity contribution in [3.8, 4) is 0 Å². The van der Waals surface area contributed by atoms with E-state index in [4.69, 9.17) is 15.9 Å². The van der Waals surface area contributed by atoms with Crippen LogP contribution in [0.25, 0.3) is 0 Å². The first-order valence-corrected chi connectivity index (χ1v) is 5.37. The summed E-state index contributed by atoms with van der Waals surface area (Å²) in [6.07, 6.45) is 1.62. The maximum Gasteiger partial charge on any atom is 0.238 e. The fourth-order valence-electron chi connectivity index (χ4n) is 0.829. The molecule has 4 nitrogen and oxygen atoms in total. The number of hydrogen-bond donors (Lipinski definition) is 2. The number of carbonyl (C=O) groups is 1. The van der Waals surface area contributed by atoms with Crippen molar-refractivity contribution in [1.82, 2.24) is 0 Å². The molecule has 1 aromatic heterocycles. The first-order chi connectivity index (χ1) is 6.52. The Kier molecular flexibility index (Phi) is 3.60. The van der Waals surface area contributed by atoms with Gasteiger partial charge in [-0.25, -0.2) is 0 Å². The van der Waals surface area contributed by atoms with Gasteiger partial charge < -0.3 is 15.9 Å². The predicted octanol–water partition coefficient (Wildman–Crippen LogP) is 0.716. The largest absolute Gasteiger partial charge is 0.468 e. The summed E-state index contributed by atoms with van der Waals surface area (Å²) < 4.78 is 5.13. The molecular weight excluding hydrogens is 200 g/mol. The number of furan rings is 1. The van der Waals surface area contributed by atoms with E-state index in [0.29, 0.717) is 11.5 Å². The van der Waals surface area contributed by atoms with E-state index in [1.165, 1.54) is 11.8 Å². The molecule has 1 unspecified atom stereocenters. The van der Waals surface area contributed by atoms with Crippen LogP contribution < -0.4 is 11.5 Å². The third-order valence-corrected chi connectivity index (χ3v) is 3.08. The van der Waals surface area contributed by atoms with Crippen LogP contribution in [0.15, 0.2) is 22.8 Å². The van der Waals surface area contributed by atoms with Crippen molar-refractivity contribution in [3.63, 3.8) is 0 Å². The smallest absolute Gasteiger partial charge is 0.238 e. The fourth-order valence-corrected chi connectivity index (χ4v) is 1.86. The molecule has 1 rings (SSSR count). The molecule has 0 aromatic carbocycles. The lowest BCUT2D eigenvalue weighted by Crippen LogP contribution is -2.51. The molecule has 0 fully saturated rings. The number of carbonyl (C=O) groups excluding carboxylic acids is 1. The van der Waals surface area contributed by atoms with Crippen molar-refractivity contribution in [2.24, 2.45) is 11.5 Å². The zero-order chi connectivity index (χ0) is 10.6. The molecule has 0 radical (unpaired) electrons. The lowest BCUT2D eigenvalue weighted by Gasteiger charge is -2.19. The Hall–Kier alpha value is -0.940. The monoisotopic (exact) mass is 214 g/mol. The van der Waals surface area contributed by atoms with E-state index in [9.17, 15) is 4.79 Å². The van der Waals surface area contributed by atoms with Crippen molar-refractivity contribution in [1.29, 1.82) is 0 Å². The Morgan fingerprint density at radius 1 is 1.71 bits per heavy atom. The summed E-state index contributed by atoms with van der Waals surface area (Å²) >= 11 is 1.53. The molecule has 1 amide bonds. The summed E-state index contributed by atoms with van der Waals surface area (Å²) in [5, 5.41) is 0. The number of primary amides is 1. The summed E-state index contributed by atoms with van der Waals surface area (Å²) in [4.78, 5) is 10.9. The van der Waals surface area contributed by atoms with Crippen LogP contribution >= 0.6 is 11.8 Å². The van der Waals surface area contributed by atoms with Crippen molar-refractivity contribution < 1.29 is 9.21 Å². The molecule has 1 atom stereocenters. The van der Waals surface area contributed by atoms with E-state index in [0.717, 1.165) is 5.76 Å². The van der Waals surface area contributed by atoms with Gasteiger partial charge in [0.15, 0.2) is 0 Å². The lowest BCUT2D eigenvalue weighted by atomic mass is 10.1. The number of thioether (sulfide) groups is 1. The average molecular weight is 214 g/mol. The van der Waals surface area contributed by atoms with Crippen molar-refractivity contribution in [2.75, 3.05) is 5.75 Å². The van der Waals surface area contributed by atoms with Crippen LogP contribution in [0.5, 0.6) is 0 Å². The van der Waals surface area contributed by atoms with Crippen molar-refractivity contribution in [2.45, 2.75) is 18.2 Å². The molecule has 0 saturated heterocycles. The van der Waals surface area contributed by atoms with Gasteiger partial charge in [-0.3, -0.25) is 4.79 Å². The van der Waals surface area contributed by atoms with Crippen molar-refractivity contribution in [3.05, 3.63) is 24.2 Å². The van der Waals surface area contributed by atoms with Crippen LogP contribution in [0.3, 0.4) is 0 Å². The number of nitrogens with two attached hydrogens (primary N) is 2. The standard InChI is InChI=1S/C9H14N2O2S/c1-9(11,8(10)12)6-14-5-7-3-2-4-13-7/h2-4H,5-6,11H2,1H3,(H2,10,12). The maximum absolute atomic E-state index is 10.9. The van der Waals surface area contributed by atoms with Crippen LogP contribution in [-0.4, -0.2) is 17.2 Å². The maximum atomic E-state index is 10.9. The molecule has 0 bridgehead atoms. The summed E-state index contributed by atoms with van der Waals surface area (Å²) in [6, 6.07) is 3.71. The highest BCUT2D eigenvalue weighted by Crippen LogP contribution is 2.16. The van der Waals surface area contributed by atoms with Gasteiger partial charge in [-0.1, -0.05) is 0 Å². The Balaban J connectivity index is 2.31. The zero-order valence-corrected chi connectivity index (χ0v) is 8.84. The number of amides is 1. The normalized spacial score (nSPS) is 15.0. The van der Waals surface area contributed by atoms with Crippen LogP contribution in [0.1, 0.15) is 12.7 Å². The second kappa shape index (κ2) is 4.52. The Morgan fingerprint density at radius 2 is 2.43 bits per heavy atom. The van der Waals surface area contributed by atoms with E-state index >= 15 is 0 Å². The molecule has 1 aromatic rings. The minimum atomic E-state index is -0.947. The molecule has 0 aliphatic heterocycles. The van der Waals surface area contributed by atoms with Gasteiger partial charge in [0, 0.05) is 5.75 Å². The fraction of sp³-hybridized carbons (Fsp3) is 0.444. The summed E-state index contributed by atoms with van der Waals surface area (Å²) in [5.41, 5.74) is 9.85. The van der Waals surface area contributed by atoms with Crippen LogP contribution in [-0.2, 0) is 10.5 Å². The minimum absolute atomic E-state index is 0.482. The van der Waals surface area contributed by atoms with Gasteiger partial charge in [0.25, 0.3) is 0 Å². The van der Waals surface area contributed by atoms with E-state index < -0.39 is 11.4 Å². The van der Waals surface area contributed by atoms with Gasteiger partial charge in [0.05, 0.1) is 12.0 Å². The quantitative estimate of drug-likeness (QED) is 0.756. The molecule has 1 heterocycles. The highest BCUT2D eigenvalue weighted by atomic mass is 32.2. The summed E-state index contributed by atoms with van der Waals surface area (Å²) in [6.45, 7) is 1.63. The van der Waals surface area contributed by atoms with Crippen molar-refractivity contribution >= 4 is 17.7 Å². The number of rotatable bonds is 5. The molecule has 0 aliphatic carbocycles. The van der Waals surface area contributed by atoms with E-state index in [-0.39, 0.29) is 0 Å². The van der Waals surface area contributed by atoms with Crippen LogP contribution in [0.2, 0.25) is 0 Å². The first-order valence-electron chi connectivity index (χ1n) is 4.21. The Labute approximate surface area is 87.0 Å².